The molecule has 0 bridgehead atoms. The van der Waals surface area contributed by atoms with Gasteiger partial charge in [0.2, 0.25) is 0 Å². The topological polar surface area (TPSA) is 28.2 Å². The second kappa shape index (κ2) is 6.23. The van der Waals surface area contributed by atoms with Crippen molar-refractivity contribution in [1.29, 1.82) is 0 Å². The van der Waals surface area contributed by atoms with E-state index in [0.717, 1.165) is 18.9 Å². The summed E-state index contributed by atoms with van der Waals surface area (Å²) in [5, 5.41) is 3.20. The highest BCUT2D eigenvalue weighted by atomic mass is 15.1. The van der Waals surface area contributed by atoms with E-state index in [0.29, 0.717) is 0 Å². The van der Waals surface area contributed by atoms with E-state index in [4.69, 9.17) is 0 Å². The van der Waals surface area contributed by atoms with E-state index in [1.807, 2.05) is 12.3 Å². The number of pyridine rings is 1. The fraction of sp³-hybridized carbons (Fsp3) is 0.312. The monoisotopic (exact) mass is 255 g/mol. The molecule has 1 heterocycles. The Labute approximate surface area is 115 Å². The lowest BCUT2D eigenvalue weighted by molar-refractivity contribution is 0.914. The highest BCUT2D eigenvalue weighted by Crippen LogP contribution is 2.16. The zero-order valence-electron chi connectivity index (χ0n) is 11.9. The van der Waals surface area contributed by atoms with Gasteiger partial charge in [-0.25, -0.2) is 4.98 Å². The summed E-state index contributed by atoms with van der Waals surface area (Å²) in [6.07, 6.45) is 1.93. The van der Waals surface area contributed by atoms with Gasteiger partial charge in [-0.05, 0) is 37.6 Å². The van der Waals surface area contributed by atoms with E-state index in [1.165, 1.54) is 16.8 Å². The van der Waals surface area contributed by atoms with Gasteiger partial charge in [0.25, 0.3) is 0 Å². The number of hydrogen-bond acceptors (Lipinski definition) is 3. The van der Waals surface area contributed by atoms with Crippen molar-refractivity contribution < 1.29 is 0 Å². The molecule has 1 N–H and O–H groups in total. The van der Waals surface area contributed by atoms with Gasteiger partial charge >= 0.3 is 0 Å². The molecule has 0 aliphatic carbocycles. The smallest absolute Gasteiger partial charge is 0.125 e. The quantitative estimate of drug-likeness (QED) is 0.887. The van der Waals surface area contributed by atoms with Gasteiger partial charge in [0.1, 0.15) is 5.82 Å². The maximum atomic E-state index is 4.39. The lowest BCUT2D eigenvalue weighted by Gasteiger charge is -2.19. The van der Waals surface area contributed by atoms with Crippen molar-refractivity contribution in [3.8, 4) is 0 Å². The molecule has 0 amide bonds. The Morgan fingerprint density at radius 1 is 1.11 bits per heavy atom. The van der Waals surface area contributed by atoms with E-state index >= 15 is 0 Å². The third kappa shape index (κ3) is 3.71. The number of hydrogen-bond donors (Lipinski definition) is 1. The third-order valence-electron chi connectivity index (χ3n) is 3.08. The molecule has 100 valence electrons. The van der Waals surface area contributed by atoms with Crippen LogP contribution in [-0.4, -0.2) is 18.6 Å². The van der Waals surface area contributed by atoms with Crippen molar-refractivity contribution in [3.05, 3.63) is 53.7 Å². The van der Waals surface area contributed by atoms with Crippen molar-refractivity contribution >= 4 is 11.5 Å². The van der Waals surface area contributed by atoms with Crippen LogP contribution in [0.2, 0.25) is 0 Å². The van der Waals surface area contributed by atoms with Gasteiger partial charge in [0.05, 0.1) is 0 Å². The van der Waals surface area contributed by atoms with E-state index in [-0.39, 0.29) is 0 Å². The summed E-state index contributed by atoms with van der Waals surface area (Å²) in [4.78, 5) is 6.62. The van der Waals surface area contributed by atoms with Crippen molar-refractivity contribution in [2.24, 2.45) is 0 Å². The van der Waals surface area contributed by atoms with Crippen molar-refractivity contribution in [2.45, 2.75) is 20.4 Å². The van der Waals surface area contributed by atoms with Crippen LogP contribution in [0, 0.1) is 6.92 Å². The van der Waals surface area contributed by atoms with Crippen LogP contribution in [0.4, 0.5) is 11.5 Å². The van der Waals surface area contributed by atoms with Crippen molar-refractivity contribution in [1.82, 2.24) is 4.98 Å². The van der Waals surface area contributed by atoms with Gasteiger partial charge in [-0.3, -0.25) is 0 Å². The Morgan fingerprint density at radius 3 is 2.42 bits per heavy atom. The first-order valence-corrected chi connectivity index (χ1v) is 6.65. The second-order valence-corrected chi connectivity index (χ2v) is 4.77. The first kappa shape index (κ1) is 13.4. The molecule has 0 radical (unpaired) electrons. The molecule has 0 aliphatic rings. The van der Waals surface area contributed by atoms with Crippen LogP contribution in [-0.2, 0) is 6.54 Å². The number of aryl methyl sites for hydroxylation is 1. The Bertz CT molecular complexity index is 503. The van der Waals surface area contributed by atoms with Gasteiger partial charge in [0, 0.05) is 32.0 Å². The van der Waals surface area contributed by atoms with Gasteiger partial charge in [-0.15, -0.1) is 0 Å². The lowest BCUT2D eigenvalue weighted by atomic mass is 10.2. The van der Waals surface area contributed by atoms with E-state index < -0.39 is 0 Å². The van der Waals surface area contributed by atoms with Crippen LogP contribution in [0.25, 0.3) is 0 Å². The van der Waals surface area contributed by atoms with Crippen LogP contribution in [0.15, 0.2) is 42.6 Å². The number of aromatic nitrogens is 1. The highest BCUT2D eigenvalue weighted by molar-refractivity contribution is 5.47. The fourth-order valence-corrected chi connectivity index (χ4v) is 1.97. The average Bonchev–Trinajstić information content (AvgIpc) is 2.42. The standard InChI is InChI=1S/C16H21N3/c1-4-17-16-10-7-14(11-18-16)12-19(3)15-8-5-13(2)6-9-15/h5-11H,4,12H2,1-3H3,(H,17,18). The summed E-state index contributed by atoms with van der Waals surface area (Å²) in [7, 11) is 2.10. The minimum atomic E-state index is 0.864. The van der Waals surface area contributed by atoms with E-state index in [2.05, 4.69) is 66.4 Å². The summed E-state index contributed by atoms with van der Waals surface area (Å²) in [5.74, 6) is 0.934. The molecule has 0 atom stereocenters. The molecule has 2 aromatic rings. The SMILES string of the molecule is CCNc1ccc(CN(C)c2ccc(C)cc2)cn1. The molecular formula is C16H21N3. The minimum Gasteiger partial charge on any atom is -0.370 e. The lowest BCUT2D eigenvalue weighted by Crippen LogP contribution is -2.16. The van der Waals surface area contributed by atoms with Crippen LogP contribution in [0.3, 0.4) is 0 Å². The molecule has 0 aliphatic heterocycles. The molecule has 2 rings (SSSR count). The molecule has 1 aromatic carbocycles. The number of nitrogens with zero attached hydrogens (tertiary/aromatic N) is 2. The Kier molecular flexibility index (Phi) is 4.39. The third-order valence-corrected chi connectivity index (χ3v) is 3.08. The summed E-state index contributed by atoms with van der Waals surface area (Å²) < 4.78 is 0. The first-order chi connectivity index (χ1) is 9.19. The number of anilines is 2. The zero-order chi connectivity index (χ0) is 13.7. The molecular weight excluding hydrogens is 234 g/mol. The molecule has 0 unspecified atom stereocenters. The van der Waals surface area contributed by atoms with Gasteiger partial charge in [-0.2, -0.15) is 0 Å². The number of rotatable bonds is 5. The van der Waals surface area contributed by atoms with Crippen LogP contribution in [0.1, 0.15) is 18.1 Å². The largest absolute Gasteiger partial charge is 0.370 e. The molecule has 3 nitrogen and oxygen atoms in total. The highest BCUT2D eigenvalue weighted by Gasteiger charge is 2.02. The Morgan fingerprint density at radius 2 is 1.84 bits per heavy atom. The minimum absolute atomic E-state index is 0.864. The second-order valence-electron chi connectivity index (χ2n) is 4.77. The van der Waals surface area contributed by atoms with Gasteiger partial charge in [0.15, 0.2) is 0 Å². The molecule has 0 saturated carbocycles. The molecule has 0 saturated heterocycles. The Hall–Kier alpha value is -2.03. The first-order valence-electron chi connectivity index (χ1n) is 6.65. The molecule has 0 spiro atoms. The van der Waals surface area contributed by atoms with E-state index in [1.54, 1.807) is 0 Å². The molecule has 3 heteroatoms. The summed E-state index contributed by atoms with van der Waals surface area (Å²) in [5.41, 5.74) is 3.72. The number of benzene rings is 1. The number of nitrogens with one attached hydrogen (secondary N) is 1. The summed E-state index contributed by atoms with van der Waals surface area (Å²) >= 11 is 0. The maximum Gasteiger partial charge on any atom is 0.125 e. The van der Waals surface area contributed by atoms with Gasteiger partial charge < -0.3 is 10.2 Å². The Balaban J connectivity index is 2.01. The van der Waals surface area contributed by atoms with Gasteiger partial charge in [-0.1, -0.05) is 23.8 Å². The zero-order valence-corrected chi connectivity index (χ0v) is 11.9. The van der Waals surface area contributed by atoms with Crippen LogP contribution >= 0.6 is 0 Å². The molecule has 0 fully saturated rings. The average molecular weight is 255 g/mol. The maximum absolute atomic E-state index is 4.39. The fourth-order valence-electron chi connectivity index (χ4n) is 1.97. The predicted molar refractivity (Wildman–Crippen MR) is 81.7 cm³/mol. The van der Waals surface area contributed by atoms with Crippen molar-refractivity contribution in [3.63, 3.8) is 0 Å². The van der Waals surface area contributed by atoms with Crippen LogP contribution in [0.5, 0.6) is 0 Å². The predicted octanol–water partition coefficient (Wildman–Crippen LogP) is 3.46. The normalized spacial score (nSPS) is 10.3. The van der Waals surface area contributed by atoms with Crippen molar-refractivity contribution in [2.75, 3.05) is 23.8 Å². The summed E-state index contributed by atoms with van der Waals surface area (Å²) in [6, 6.07) is 12.7. The molecule has 19 heavy (non-hydrogen) atoms. The van der Waals surface area contributed by atoms with E-state index in [9.17, 15) is 0 Å². The summed E-state index contributed by atoms with van der Waals surface area (Å²) in [6.45, 7) is 5.94. The molecule has 1 aromatic heterocycles. The van der Waals surface area contributed by atoms with Crippen LogP contribution < -0.4 is 10.2 Å².